The van der Waals surface area contributed by atoms with Crippen molar-refractivity contribution in [3.8, 4) is 11.3 Å². The van der Waals surface area contributed by atoms with Gasteiger partial charge in [0.15, 0.2) is 6.20 Å². The van der Waals surface area contributed by atoms with Crippen LogP contribution in [0.2, 0.25) is 5.02 Å². The van der Waals surface area contributed by atoms with Crippen molar-refractivity contribution in [1.82, 2.24) is 9.88 Å². The van der Waals surface area contributed by atoms with Gasteiger partial charge < -0.3 is 15.0 Å². The molecule has 1 saturated heterocycles. The van der Waals surface area contributed by atoms with Gasteiger partial charge >= 0.3 is 0 Å². The number of hydrogen-bond acceptors (Lipinski definition) is 4. The number of anilines is 1. The zero-order chi connectivity index (χ0) is 17.4. The van der Waals surface area contributed by atoms with Crippen LogP contribution >= 0.6 is 11.6 Å². The van der Waals surface area contributed by atoms with Crippen molar-refractivity contribution in [1.29, 1.82) is 0 Å². The van der Waals surface area contributed by atoms with Gasteiger partial charge in [-0.2, -0.15) is 4.73 Å². The highest BCUT2D eigenvalue weighted by molar-refractivity contribution is 6.35. The Hall–Kier alpha value is -2.37. The smallest absolute Gasteiger partial charge is 0.225 e. The number of halogens is 1. The van der Waals surface area contributed by atoms with E-state index in [1.165, 1.54) is 0 Å². The number of rotatable bonds is 2. The molecule has 0 bridgehead atoms. The molecule has 6 heteroatoms. The summed E-state index contributed by atoms with van der Waals surface area (Å²) < 4.78 is 0.880. The first kappa shape index (κ1) is 16.1. The second kappa shape index (κ2) is 6.50. The molecule has 0 spiro atoms. The van der Waals surface area contributed by atoms with Gasteiger partial charge in [0.05, 0.1) is 5.56 Å². The molecule has 0 N–H and O–H groups in total. The lowest BCUT2D eigenvalue weighted by molar-refractivity contribution is -0.592. The predicted molar refractivity (Wildman–Crippen MR) is 101 cm³/mol. The van der Waals surface area contributed by atoms with E-state index in [2.05, 4.69) is 21.8 Å². The van der Waals surface area contributed by atoms with E-state index in [0.717, 1.165) is 53.1 Å². The van der Waals surface area contributed by atoms with E-state index in [-0.39, 0.29) is 0 Å². The minimum atomic E-state index is 0.554. The summed E-state index contributed by atoms with van der Waals surface area (Å²) >= 11 is 6.27. The lowest BCUT2D eigenvalue weighted by Crippen LogP contribution is -2.44. The van der Waals surface area contributed by atoms with E-state index >= 15 is 0 Å². The van der Waals surface area contributed by atoms with Gasteiger partial charge in [-0.25, -0.2) is 4.98 Å². The zero-order valence-corrected chi connectivity index (χ0v) is 14.8. The molecule has 4 rings (SSSR count). The first-order valence-electron chi connectivity index (χ1n) is 8.33. The van der Waals surface area contributed by atoms with Crippen LogP contribution in [0.4, 0.5) is 5.82 Å². The summed E-state index contributed by atoms with van der Waals surface area (Å²) in [7, 11) is 2.13. The van der Waals surface area contributed by atoms with E-state index in [4.69, 9.17) is 11.6 Å². The number of piperazine rings is 1. The standard InChI is InChI=1S/C19H19ClN4O/c1-22-7-9-23(10-8-22)19-6-5-14(12-21-19)18-11-16-15(13-24(18)25)3-2-4-17(16)20/h2-6,11-13H,7-10H2,1H3. The van der Waals surface area contributed by atoms with E-state index in [1.54, 1.807) is 12.4 Å². The molecular weight excluding hydrogens is 336 g/mol. The van der Waals surface area contributed by atoms with Crippen LogP contribution in [0.3, 0.4) is 0 Å². The van der Waals surface area contributed by atoms with Crippen LogP contribution in [0.5, 0.6) is 0 Å². The Labute approximate surface area is 151 Å². The quantitative estimate of drug-likeness (QED) is 0.524. The summed E-state index contributed by atoms with van der Waals surface area (Å²) in [6.07, 6.45) is 3.32. The largest absolute Gasteiger partial charge is 0.618 e. The van der Waals surface area contributed by atoms with Gasteiger partial charge in [-0.05, 0) is 31.3 Å². The number of likely N-dealkylation sites (N-methyl/N-ethyl adjacent to an activating group) is 1. The van der Waals surface area contributed by atoms with Crippen LogP contribution in [-0.4, -0.2) is 43.1 Å². The fraction of sp³-hybridized carbons (Fsp3) is 0.263. The summed E-state index contributed by atoms with van der Waals surface area (Å²) in [4.78, 5) is 9.15. The molecule has 1 aromatic carbocycles. The van der Waals surface area contributed by atoms with E-state index in [1.807, 2.05) is 36.4 Å². The van der Waals surface area contributed by atoms with Crippen LogP contribution in [0, 0.1) is 5.21 Å². The molecule has 1 aliphatic heterocycles. The molecule has 0 aliphatic carbocycles. The Kier molecular flexibility index (Phi) is 4.19. The molecule has 128 valence electrons. The van der Waals surface area contributed by atoms with Crippen LogP contribution in [-0.2, 0) is 0 Å². The molecule has 1 fully saturated rings. The molecule has 2 aromatic heterocycles. The topological polar surface area (TPSA) is 46.3 Å². The predicted octanol–water partition coefficient (Wildman–Crippen LogP) is 2.94. The lowest BCUT2D eigenvalue weighted by Gasteiger charge is -2.33. The normalized spacial score (nSPS) is 15.7. The van der Waals surface area contributed by atoms with Gasteiger partial charge in [0.1, 0.15) is 5.82 Å². The number of benzene rings is 1. The summed E-state index contributed by atoms with van der Waals surface area (Å²) in [5.41, 5.74) is 1.34. The first-order valence-corrected chi connectivity index (χ1v) is 8.71. The highest BCUT2D eigenvalue weighted by Crippen LogP contribution is 2.26. The first-order chi connectivity index (χ1) is 12.1. The molecule has 0 saturated carbocycles. The summed E-state index contributed by atoms with van der Waals surface area (Å²) in [5, 5.41) is 14.7. The fourth-order valence-corrected chi connectivity index (χ4v) is 3.42. The third kappa shape index (κ3) is 3.13. The summed E-state index contributed by atoms with van der Waals surface area (Å²) in [5.74, 6) is 0.952. The van der Waals surface area contributed by atoms with Crippen molar-refractivity contribution in [3.63, 3.8) is 0 Å². The molecule has 0 amide bonds. The maximum Gasteiger partial charge on any atom is 0.225 e. The number of nitrogens with zero attached hydrogens (tertiary/aromatic N) is 4. The fourth-order valence-electron chi connectivity index (χ4n) is 3.19. The minimum Gasteiger partial charge on any atom is -0.618 e. The van der Waals surface area contributed by atoms with Crippen LogP contribution in [0.25, 0.3) is 22.0 Å². The molecule has 25 heavy (non-hydrogen) atoms. The lowest BCUT2D eigenvalue weighted by atomic mass is 10.1. The highest BCUT2D eigenvalue weighted by atomic mass is 35.5. The van der Waals surface area contributed by atoms with Crippen molar-refractivity contribution in [2.24, 2.45) is 0 Å². The molecule has 5 nitrogen and oxygen atoms in total. The zero-order valence-electron chi connectivity index (χ0n) is 14.0. The highest BCUT2D eigenvalue weighted by Gasteiger charge is 2.17. The van der Waals surface area contributed by atoms with Gasteiger partial charge in [0.2, 0.25) is 5.69 Å². The van der Waals surface area contributed by atoms with E-state index in [9.17, 15) is 5.21 Å². The average molecular weight is 355 g/mol. The molecule has 3 aromatic rings. The number of fused-ring (bicyclic) bond motifs is 1. The van der Waals surface area contributed by atoms with Gasteiger partial charge in [-0.3, -0.25) is 0 Å². The van der Waals surface area contributed by atoms with Gasteiger partial charge in [0.25, 0.3) is 0 Å². The van der Waals surface area contributed by atoms with Crippen molar-refractivity contribution >= 4 is 28.2 Å². The number of pyridine rings is 2. The Balaban J connectivity index is 1.67. The van der Waals surface area contributed by atoms with Crippen molar-refractivity contribution in [2.45, 2.75) is 0 Å². The third-order valence-electron chi connectivity index (χ3n) is 4.73. The monoisotopic (exact) mass is 354 g/mol. The Morgan fingerprint density at radius 1 is 1.12 bits per heavy atom. The van der Waals surface area contributed by atoms with Crippen molar-refractivity contribution in [3.05, 3.63) is 59.0 Å². The van der Waals surface area contributed by atoms with Crippen LogP contribution < -0.4 is 9.63 Å². The number of hydrogen-bond donors (Lipinski definition) is 0. The van der Waals surface area contributed by atoms with Gasteiger partial charge in [0, 0.05) is 54.2 Å². The Morgan fingerprint density at radius 3 is 2.64 bits per heavy atom. The number of aromatic nitrogens is 2. The van der Waals surface area contributed by atoms with Crippen molar-refractivity contribution < 1.29 is 4.73 Å². The Morgan fingerprint density at radius 2 is 1.92 bits per heavy atom. The molecule has 0 radical (unpaired) electrons. The van der Waals surface area contributed by atoms with Gasteiger partial charge in [-0.1, -0.05) is 17.7 Å². The van der Waals surface area contributed by atoms with Gasteiger partial charge in [-0.15, -0.1) is 0 Å². The molecule has 0 atom stereocenters. The van der Waals surface area contributed by atoms with E-state index in [0.29, 0.717) is 10.7 Å². The molecule has 1 aliphatic rings. The summed E-state index contributed by atoms with van der Waals surface area (Å²) in [6.45, 7) is 4.01. The second-order valence-electron chi connectivity index (χ2n) is 6.42. The third-order valence-corrected chi connectivity index (χ3v) is 5.06. The average Bonchev–Trinajstić information content (AvgIpc) is 2.62. The maximum atomic E-state index is 12.4. The molecule has 0 unspecified atom stereocenters. The molecular formula is C19H19ClN4O. The van der Waals surface area contributed by atoms with Crippen LogP contribution in [0.15, 0.2) is 48.8 Å². The second-order valence-corrected chi connectivity index (χ2v) is 6.83. The maximum absolute atomic E-state index is 12.4. The summed E-state index contributed by atoms with van der Waals surface area (Å²) in [6, 6.07) is 11.3. The van der Waals surface area contributed by atoms with Crippen molar-refractivity contribution in [2.75, 3.05) is 38.1 Å². The SMILES string of the molecule is CN1CCN(c2ccc(-c3cc4c(Cl)cccc4c[n+]3[O-])cn2)CC1. The van der Waals surface area contributed by atoms with Crippen LogP contribution in [0.1, 0.15) is 0 Å². The van der Waals surface area contributed by atoms with E-state index < -0.39 is 0 Å². The Bertz CT molecular complexity index is 905. The minimum absolute atomic E-state index is 0.554. The molecule has 3 heterocycles.